The third-order valence-electron chi connectivity index (χ3n) is 3.81. The molecular formula is C13H9N5O5. The zero-order valence-corrected chi connectivity index (χ0v) is 11.5. The Hall–Kier alpha value is -3.43. The number of benzene rings is 1. The van der Waals surface area contributed by atoms with E-state index in [4.69, 9.17) is 0 Å². The summed E-state index contributed by atoms with van der Waals surface area (Å²) in [6.45, 7) is 0. The van der Waals surface area contributed by atoms with Crippen molar-refractivity contribution in [2.24, 2.45) is 0 Å². The Morgan fingerprint density at radius 3 is 2.70 bits per heavy atom. The Morgan fingerprint density at radius 2 is 2.00 bits per heavy atom. The standard InChI is InChI=1S/C13H9N5O5/c19-16-9-5-6-10-12(15-23-18(10)22)11(9)14-13(16)7-1-3-8(4-2-7)17(20)21/h1-4,19H,5-6H2. The third-order valence-corrected chi connectivity index (χ3v) is 3.81. The summed E-state index contributed by atoms with van der Waals surface area (Å²) in [4.78, 5) is 14.8. The van der Waals surface area contributed by atoms with Crippen LogP contribution >= 0.6 is 0 Å². The highest BCUT2D eigenvalue weighted by atomic mass is 16.8. The maximum Gasteiger partial charge on any atom is 0.271 e. The molecule has 0 unspecified atom stereocenters. The first kappa shape index (κ1) is 13.2. The largest absolute Gasteiger partial charge is 0.427 e. The van der Waals surface area contributed by atoms with E-state index >= 15 is 0 Å². The second-order valence-electron chi connectivity index (χ2n) is 5.07. The maximum atomic E-state index is 11.5. The minimum atomic E-state index is -0.505. The molecule has 2 aromatic heterocycles. The number of hydrogen-bond acceptors (Lipinski definition) is 7. The molecule has 2 heterocycles. The first-order valence-electron chi connectivity index (χ1n) is 6.71. The van der Waals surface area contributed by atoms with Crippen molar-refractivity contribution in [2.45, 2.75) is 12.8 Å². The molecule has 0 spiro atoms. The van der Waals surface area contributed by atoms with Crippen LogP contribution in [0.4, 0.5) is 5.69 Å². The molecule has 3 aromatic rings. The molecule has 1 aliphatic rings. The van der Waals surface area contributed by atoms with E-state index in [1.165, 1.54) is 24.3 Å². The Labute approximate surface area is 127 Å². The molecule has 0 bridgehead atoms. The number of nitro benzene ring substituents is 1. The predicted octanol–water partition coefficient (Wildman–Crippen LogP) is 1.08. The number of imidazole rings is 1. The van der Waals surface area contributed by atoms with Crippen LogP contribution in [0.1, 0.15) is 11.4 Å². The lowest BCUT2D eigenvalue weighted by molar-refractivity contribution is -0.807. The molecular weight excluding hydrogens is 306 g/mol. The van der Waals surface area contributed by atoms with Gasteiger partial charge >= 0.3 is 0 Å². The smallest absolute Gasteiger partial charge is 0.271 e. The third kappa shape index (κ3) is 1.84. The summed E-state index contributed by atoms with van der Waals surface area (Å²) in [5, 5.41) is 36.2. The lowest BCUT2D eigenvalue weighted by atomic mass is 10.0. The molecule has 10 nitrogen and oxygen atoms in total. The zero-order valence-electron chi connectivity index (χ0n) is 11.5. The van der Waals surface area contributed by atoms with Crippen molar-refractivity contribution >= 4 is 5.69 Å². The van der Waals surface area contributed by atoms with E-state index in [-0.39, 0.29) is 11.5 Å². The van der Waals surface area contributed by atoms with Gasteiger partial charge in [0, 0.05) is 35.7 Å². The normalized spacial score (nSPS) is 12.7. The molecule has 4 rings (SSSR count). The SMILES string of the molecule is O=[N+]([O-])c1ccc(-c2nc3c(n2O)CCc2c-3no[n+]2[O-])cc1. The number of non-ortho nitro benzene ring substituents is 1. The Kier molecular flexibility index (Phi) is 2.61. The summed E-state index contributed by atoms with van der Waals surface area (Å²) < 4.78 is 5.50. The fourth-order valence-electron chi connectivity index (χ4n) is 2.67. The van der Waals surface area contributed by atoms with Gasteiger partial charge in [-0.3, -0.25) is 14.7 Å². The highest BCUT2D eigenvalue weighted by Gasteiger charge is 2.33. The van der Waals surface area contributed by atoms with Gasteiger partial charge in [0.15, 0.2) is 5.82 Å². The number of fused-ring (bicyclic) bond motifs is 3. The van der Waals surface area contributed by atoms with Gasteiger partial charge < -0.3 is 10.4 Å². The number of rotatable bonds is 2. The molecule has 0 saturated heterocycles. The second-order valence-corrected chi connectivity index (χ2v) is 5.07. The van der Waals surface area contributed by atoms with Crippen LogP contribution in [0.3, 0.4) is 0 Å². The van der Waals surface area contributed by atoms with E-state index in [0.717, 1.165) is 4.73 Å². The number of nitro groups is 1. The van der Waals surface area contributed by atoms with Gasteiger partial charge in [-0.1, -0.05) is 0 Å². The van der Waals surface area contributed by atoms with E-state index < -0.39 is 4.92 Å². The van der Waals surface area contributed by atoms with Crippen LogP contribution in [0.5, 0.6) is 0 Å². The van der Waals surface area contributed by atoms with Crippen LogP contribution in [0.15, 0.2) is 28.9 Å². The Morgan fingerprint density at radius 1 is 1.26 bits per heavy atom. The van der Waals surface area contributed by atoms with Crippen LogP contribution in [0, 0.1) is 15.3 Å². The van der Waals surface area contributed by atoms with Gasteiger partial charge in [0.2, 0.25) is 5.69 Å². The highest BCUT2D eigenvalue weighted by Crippen LogP contribution is 2.33. The molecule has 0 saturated carbocycles. The maximum absolute atomic E-state index is 11.5. The molecule has 1 aliphatic carbocycles. The minimum absolute atomic E-state index is 0.0549. The molecule has 0 amide bonds. The van der Waals surface area contributed by atoms with Crippen molar-refractivity contribution in [2.75, 3.05) is 0 Å². The molecule has 10 heteroatoms. The fourth-order valence-corrected chi connectivity index (χ4v) is 2.67. The van der Waals surface area contributed by atoms with E-state index in [2.05, 4.69) is 14.8 Å². The van der Waals surface area contributed by atoms with Crippen molar-refractivity contribution in [3.05, 3.63) is 51.0 Å². The van der Waals surface area contributed by atoms with Gasteiger partial charge in [0.25, 0.3) is 11.4 Å². The second kappa shape index (κ2) is 4.53. The van der Waals surface area contributed by atoms with Gasteiger partial charge in [0.1, 0.15) is 5.69 Å². The van der Waals surface area contributed by atoms with Crippen molar-refractivity contribution in [3.8, 4) is 22.8 Å². The van der Waals surface area contributed by atoms with Gasteiger partial charge in [-0.2, -0.15) is 4.73 Å². The summed E-state index contributed by atoms with van der Waals surface area (Å²) in [6.07, 6.45) is 0.781. The molecule has 0 atom stereocenters. The molecule has 1 N–H and O–H groups in total. The van der Waals surface area contributed by atoms with Crippen LogP contribution in [0.2, 0.25) is 0 Å². The number of aromatic nitrogens is 4. The van der Waals surface area contributed by atoms with Gasteiger partial charge in [-0.15, -0.1) is 0 Å². The average Bonchev–Trinajstić information content (AvgIpc) is 3.09. The Balaban J connectivity index is 1.83. The van der Waals surface area contributed by atoms with E-state index in [1.807, 2.05) is 0 Å². The molecule has 0 radical (unpaired) electrons. The molecule has 0 fully saturated rings. The summed E-state index contributed by atoms with van der Waals surface area (Å²) in [6, 6.07) is 5.65. The van der Waals surface area contributed by atoms with E-state index in [9.17, 15) is 20.5 Å². The van der Waals surface area contributed by atoms with E-state index in [0.29, 0.717) is 46.1 Å². The fraction of sp³-hybridized carbons (Fsp3) is 0.154. The summed E-state index contributed by atoms with van der Waals surface area (Å²) >= 11 is 0. The lowest BCUT2D eigenvalue weighted by Crippen LogP contribution is -2.29. The van der Waals surface area contributed by atoms with Crippen LogP contribution < -0.4 is 4.90 Å². The van der Waals surface area contributed by atoms with Crippen LogP contribution in [-0.2, 0) is 12.8 Å². The van der Waals surface area contributed by atoms with Gasteiger partial charge in [-0.25, -0.2) is 4.98 Å². The van der Waals surface area contributed by atoms with Gasteiger partial charge in [-0.05, 0) is 17.0 Å². The van der Waals surface area contributed by atoms with Gasteiger partial charge in [0.05, 0.1) is 10.6 Å². The monoisotopic (exact) mass is 315 g/mol. The molecule has 23 heavy (non-hydrogen) atoms. The summed E-state index contributed by atoms with van der Waals surface area (Å²) in [5.41, 5.74) is 2.01. The first-order chi connectivity index (χ1) is 11.1. The predicted molar refractivity (Wildman–Crippen MR) is 73.4 cm³/mol. The minimum Gasteiger partial charge on any atom is -0.427 e. The first-order valence-corrected chi connectivity index (χ1v) is 6.71. The molecule has 0 aliphatic heterocycles. The van der Waals surface area contributed by atoms with Crippen molar-refractivity contribution in [1.82, 2.24) is 14.9 Å². The van der Waals surface area contributed by atoms with Crippen LogP contribution in [0.25, 0.3) is 22.8 Å². The van der Waals surface area contributed by atoms with Crippen molar-refractivity contribution in [1.29, 1.82) is 0 Å². The summed E-state index contributed by atoms with van der Waals surface area (Å²) in [7, 11) is 0. The summed E-state index contributed by atoms with van der Waals surface area (Å²) in [5.74, 6) is 0.221. The number of hydrogen-bond donors (Lipinski definition) is 1. The molecule has 1 aromatic carbocycles. The average molecular weight is 315 g/mol. The number of nitrogens with zero attached hydrogens (tertiary/aromatic N) is 5. The topological polar surface area (TPSA) is 134 Å². The highest BCUT2D eigenvalue weighted by molar-refractivity contribution is 5.68. The lowest BCUT2D eigenvalue weighted by Gasteiger charge is -2.07. The van der Waals surface area contributed by atoms with Crippen molar-refractivity contribution in [3.63, 3.8) is 0 Å². The van der Waals surface area contributed by atoms with Crippen LogP contribution in [-0.4, -0.2) is 25.0 Å². The Bertz CT molecular complexity index is 927. The van der Waals surface area contributed by atoms with Crippen molar-refractivity contribution < 1.29 is 19.7 Å². The molecule has 116 valence electrons. The van der Waals surface area contributed by atoms with E-state index in [1.54, 1.807) is 0 Å². The zero-order chi connectivity index (χ0) is 16.1. The quantitative estimate of drug-likeness (QED) is 0.323.